The van der Waals surface area contributed by atoms with Crippen molar-refractivity contribution in [3.63, 3.8) is 0 Å². The van der Waals surface area contributed by atoms with Gasteiger partial charge in [-0.05, 0) is 62.4 Å². The van der Waals surface area contributed by atoms with E-state index < -0.39 is 15.9 Å². The summed E-state index contributed by atoms with van der Waals surface area (Å²) in [6, 6.07) is 24.1. The number of nitrogens with zero attached hydrogens (tertiary/aromatic N) is 3. The summed E-state index contributed by atoms with van der Waals surface area (Å²) in [7, 11) is -2.35. The Hall–Kier alpha value is -3.91. The lowest BCUT2D eigenvalue weighted by Crippen LogP contribution is -2.26. The lowest BCUT2D eigenvalue weighted by Gasteiger charge is -2.19. The highest BCUT2D eigenvalue weighted by molar-refractivity contribution is 7.92. The second kappa shape index (κ2) is 8.91. The number of anilines is 2. The Morgan fingerprint density at radius 2 is 1.61 bits per heavy atom. The largest absolute Gasteiger partial charge is 0.320 e. The van der Waals surface area contributed by atoms with Crippen molar-refractivity contribution in [1.82, 2.24) is 9.78 Å². The van der Waals surface area contributed by atoms with E-state index >= 15 is 0 Å². The van der Waals surface area contributed by atoms with Crippen LogP contribution in [0.1, 0.15) is 21.7 Å². The normalized spacial score (nSPS) is 11.2. The third kappa shape index (κ3) is 4.51. The summed E-state index contributed by atoms with van der Waals surface area (Å²) < 4.78 is 29.2. The number of sulfonamides is 1. The zero-order valence-electron chi connectivity index (χ0n) is 18.6. The molecule has 1 amide bonds. The number of rotatable bonds is 6. The van der Waals surface area contributed by atoms with Gasteiger partial charge in [0.05, 0.1) is 27.7 Å². The molecule has 0 atom stereocenters. The second-order valence-corrected chi connectivity index (χ2v) is 9.62. The Morgan fingerprint density at radius 1 is 0.909 bits per heavy atom. The number of aromatic nitrogens is 2. The third-order valence-corrected chi connectivity index (χ3v) is 7.05. The smallest absolute Gasteiger partial charge is 0.264 e. The molecule has 4 aromatic rings. The maximum absolute atomic E-state index is 13.1. The van der Waals surface area contributed by atoms with Crippen LogP contribution in [0.4, 0.5) is 11.4 Å². The fraction of sp³-hybridized carbons (Fsp3) is 0.120. The second-order valence-electron chi connectivity index (χ2n) is 7.65. The quantitative estimate of drug-likeness (QED) is 0.457. The molecule has 0 aliphatic heterocycles. The van der Waals surface area contributed by atoms with Crippen LogP contribution < -0.4 is 9.62 Å². The predicted octanol–water partition coefficient (Wildman–Crippen LogP) is 4.57. The highest BCUT2D eigenvalue weighted by Crippen LogP contribution is 2.25. The molecule has 8 heteroatoms. The van der Waals surface area contributed by atoms with Crippen LogP contribution in [0.25, 0.3) is 5.69 Å². The van der Waals surface area contributed by atoms with Gasteiger partial charge in [-0.25, -0.2) is 13.1 Å². The summed E-state index contributed by atoms with van der Waals surface area (Å²) in [6.07, 6.45) is 0. The predicted molar refractivity (Wildman–Crippen MR) is 129 cm³/mol. The number of hydrogen-bond acceptors (Lipinski definition) is 4. The van der Waals surface area contributed by atoms with E-state index in [4.69, 9.17) is 0 Å². The van der Waals surface area contributed by atoms with E-state index in [1.54, 1.807) is 47.1 Å². The monoisotopic (exact) mass is 460 g/mol. The van der Waals surface area contributed by atoms with E-state index in [2.05, 4.69) is 10.4 Å². The molecule has 168 valence electrons. The summed E-state index contributed by atoms with van der Waals surface area (Å²) in [5, 5.41) is 7.39. The number of para-hydroxylation sites is 3. The first-order valence-corrected chi connectivity index (χ1v) is 11.8. The first-order chi connectivity index (χ1) is 15.8. The number of aryl methyl sites for hydroxylation is 2. The molecule has 0 unspecified atom stereocenters. The molecule has 1 N–H and O–H groups in total. The van der Waals surface area contributed by atoms with Gasteiger partial charge in [-0.15, -0.1) is 0 Å². The highest BCUT2D eigenvalue weighted by Gasteiger charge is 2.22. The van der Waals surface area contributed by atoms with Crippen LogP contribution in [0, 0.1) is 13.8 Å². The van der Waals surface area contributed by atoms with Crippen LogP contribution in [0.5, 0.6) is 0 Å². The highest BCUT2D eigenvalue weighted by atomic mass is 32.2. The van der Waals surface area contributed by atoms with Crippen LogP contribution in [0.2, 0.25) is 0 Å². The van der Waals surface area contributed by atoms with E-state index in [0.717, 1.165) is 17.1 Å². The van der Waals surface area contributed by atoms with Crippen molar-refractivity contribution in [2.24, 2.45) is 0 Å². The summed E-state index contributed by atoms with van der Waals surface area (Å²) in [6.45, 7) is 3.85. The van der Waals surface area contributed by atoms with Crippen LogP contribution in [0.3, 0.4) is 0 Å². The van der Waals surface area contributed by atoms with E-state index in [0.29, 0.717) is 11.4 Å². The molecule has 1 heterocycles. The minimum atomic E-state index is -3.84. The fourth-order valence-corrected chi connectivity index (χ4v) is 4.81. The van der Waals surface area contributed by atoms with Crippen molar-refractivity contribution in [1.29, 1.82) is 0 Å². The lowest BCUT2D eigenvalue weighted by atomic mass is 10.2. The molecule has 7 nitrogen and oxygen atoms in total. The van der Waals surface area contributed by atoms with Crippen molar-refractivity contribution >= 4 is 27.3 Å². The van der Waals surface area contributed by atoms with Crippen molar-refractivity contribution < 1.29 is 13.2 Å². The van der Waals surface area contributed by atoms with Crippen molar-refractivity contribution in [2.75, 3.05) is 16.7 Å². The Bertz CT molecular complexity index is 1410. The van der Waals surface area contributed by atoms with Crippen molar-refractivity contribution in [3.05, 3.63) is 102 Å². The van der Waals surface area contributed by atoms with E-state index in [9.17, 15) is 13.2 Å². The summed E-state index contributed by atoms with van der Waals surface area (Å²) >= 11 is 0. The fourth-order valence-electron chi connectivity index (χ4n) is 3.56. The molecule has 4 rings (SSSR count). The van der Waals surface area contributed by atoms with Crippen molar-refractivity contribution in [3.8, 4) is 5.69 Å². The van der Waals surface area contributed by atoms with Gasteiger partial charge in [-0.2, -0.15) is 5.10 Å². The van der Waals surface area contributed by atoms with Gasteiger partial charge in [-0.1, -0.05) is 36.4 Å². The zero-order chi connectivity index (χ0) is 23.6. The number of hydrogen-bond donors (Lipinski definition) is 1. The van der Waals surface area contributed by atoms with Gasteiger partial charge in [0.2, 0.25) is 0 Å². The Morgan fingerprint density at radius 3 is 2.30 bits per heavy atom. The Balaban J connectivity index is 1.63. The molecule has 0 fully saturated rings. The van der Waals surface area contributed by atoms with Crippen molar-refractivity contribution in [2.45, 2.75) is 18.7 Å². The minimum Gasteiger partial charge on any atom is -0.320 e. The molecule has 0 saturated carbocycles. The van der Waals surface area contributed by atoms with Gasteiger partial charge in [0.1, 0.15) is 0 Å². The minimum absolute atomic E-state index is 0.0355. The average molecular weight is 461 g/mol. The van der Waals surface area contributed by atoms with E-state index in [1.165, 1.54) is 23.5 Å². The summed E-state index contributed by atoms with van der Waals surface area (Å²) in [4.78, 5) is 13.1. The maximum atomic E-state index is 13.1. The SMILES string of the molecule is Cc1cc(C)n(-c2ccccc2NC(=O)c2cccc(S(=O)(=O)N(C)c3ccccc3)c2)n1. The van der Waals surface area contributed by atoms with Gasteiger partial charge < -0.3 is 5.32 Å². The molecule has 3 aromatic carbocycles. The first kappa shape index (κ1) is 22.3. The number of carbonyl (C=O) groups excluding carboxylic acids is 1. The molecule has 0 aliphatic rings. The van der Waals surface area contributed by atoms with Gasteiger partial charge >= 0.3 is 0 Å². The zero-order valence-corrected chi connectivity index (χ0v) is 19.4. The van der Waals surface area contributed by atoms with Gasteiger partial charge in [-0.3, -0.25) is 9.10 Å². The molecular formula is C25H24N4O3S. The van der Waals surface area contributed by atoms with Gasteiger partial charge in [0, 0.05) is 18.3 Å². The molecule has 1 aromatic heterocycles. The molecule has 33 heavy (non-hydrogen) atoms. The Kier molecular flexibility index (Phi) is 6.02. The van der Waals surface area contributed by atoms with Gasteiger partial charge in [0.25, 0.3) is 15.9 Å². The molecule has 0 bridgehead atoms. The summed E-state index contributed by atoms with van der Waals surface area (Å²) in [5.41, 5.74) is 3.87. The standard InChI is InChI=1S/C25H24N4O3S/c1-18-16-19(2)29(27-18)24-15-8-7-14-23(24)26-25(30)20-10-9-13-22(17-20)33(31,32)28(3)21-11-5-4-6-12-21/h4-17H,1-3H3,(H,26,30). The lowest BCUT2D eigenvalue weighted by molar-refractivity contribution is 0.102. The summed E-state index contributed by atoms with van der Waals surface area (Å²) in [5.74, 6) is -0.414. The molecule has 0 spiro atoms. The van der Waals surface area contributed by atoms with E-state index in [1.807, 2.05) is 44.2 Å². The topological polar surface area (TPSA) is 84.3 Å². The van der Waals surface area contributed by atoms with E-state index in [-0.39, 0.29) is 10.5 Å². The number of benzene rings is 3. The first-order valence-electron chi connectivity index (χ1n) is 10.4. The molecule has 0 aliphatic carbocycles. The maximum Gasteiger partial charge on any atom is 0.264 e. The van der Waals surface area contributed by atoms with Gasteiger partial charge in [0.15, 0.2) is 0 Å². The molecular weight excluding hydrogens is 436 g/mol. The van der Waals surface area contributed by atoms with Crippen LogP contribution >= 0.6 is 0 Å². The third-order valence-electron chi connectivity index (χ3n) is 5.26. The number of carbonyl (C=O) groups is 1. The van der Waals surface area contributed by atoms with Crippen LogP contribution in [0.15, 0.2) is 89.8 Å². The van der Waals surface area contributed by atoms with Crippen LogP contribution in [-0.4, -0.2) is 31.2 Å². The molecule has 0 saturated heterocycles. The average Bonchev–Trinajstić information content (AvgIpc) is 3.17. The number of nitrogens with one attached hydrogen (secondary N) is 1. The Labute approximate surface area is 193 Å². The number of amides is 1. The van der Waals surface area contributed by atoms with Crippen LogP contribution in [-0.2, 0) is 10.0 Å². The molecule has 0 radical (unpaired) electrons.